The highest BCUT2D eigenvalue weighted by molar-refractivity contribution is 7.12. The van der Waals surface area contributed by atoms with Crippen molar-refractivity contribution in [3.8, 4) is 11.3 Å². The van der Waals surface area contributed by atoms with Crippen molar-refractivity contribution in [2.75, 3.05) is 6.61 Å². The lowest BCUT2D eigenvalue weighted by Gasteiger charge is -2.24. The number of nitrogens with zero attached hydrogens (tertiary/aromatic N) is 1. The molecule has 2 aromatic rings. The lowest BCUT2D eigenvalue weighted by molar-refractivity contribution is 0.235. The first-order valence-corrected chi connectivity index (χ1v) is 8.95. The number of epoxide rings is 1. The van der Waals surface area contributed by atoms with Crippen molar-refractivity contribution < 1.29 is 4.74 Å². The lowest BCUT2D eigenvalue weighted by atomic mass is 9.82. The minimum atomic E-state index is -0.0798. The van der Waals surface area contributed by atoms with Crippen LogP contribution >= 0.6 is 11.3 Å². The van der Waals surface area contributed by atoms with E-state index in [4.69, 9.17) is 9.72 Å². The molecular weight excluding hydrogens is 290 g/mol. The molecule has 0 radical (unpaired) electrons. The third-order valence-corrected chi connectivity index (χ3v) is 6.01. The predicted molar refractivity (Wildman–Crippen MR) is 93.2 cm³/mol. The van der Waals surface area contributed by atoms with Gasteiger partial charge in [-0.3, -0.25) is 0 Å². The second-order valence-corrected chi connectivity index (χ2v) is 8.28. The average molecular weight is 315 g/mol. The van der Waals surface area contributed by atoms with E-state index in [1.54, 1.807) is 11.3 Å². The second kappa shape index (κ2) is 5.78. The highest BCUT2D eigenvalue weighted by Gasteiger charge is 2.50. The van der Waals surface area contributed by atoms with Crippen LogP contribution < -0.4 is 0 Å². The van der Waals surface area contributed by atoms with Crippen molar-refractivity contribution in [2.45, 2.75) is 52.6 Å². The average Bonchev–Trinajstić information content (AvgIpc) is 3.22. The van der Waals surface area contributed by atoms with E-state index in [9.17, 15) is 0 Å². The van der Waals surface area contributed by atoms with Gasteiger partial charge in [0.2, 0.25) is 0 Å². The maximum atomic E-state index is 5.97. The van der Waals surface area contributed by atoms with Crippen molar-refractivity contribution in [3.05, 3.63) is 40.2 Å². The van der Waals surface area contributed by atoms with Gasteiger partial charge in [-0.15, -0.1) is 11.3 Å². The molecule has 0 bridgehead atoms. The summed E-state index contributed by atoms with van der Waals surface area (Å²) >= 11 is 1.80. The predicted octanol–water partition coefficient (Wildman–Crippen LogP) is 5.56. The Hall–Kier alpha value is -1.19. The Bertz CT molecular complexity index is 641. The topological polar surface area (TPSA) is 25.4 Å². The van der Waals surface area contributed by atoms with Crippen LogP contribution in [-0.2, 0) is 10.3 Å². The Balaban J connectivity index is 1.89. The van der Waals surface area contributed by atoms with Crippen molar-refractivity contribution in [1.29, 1.82) is 0 Å². The molecule has 3 heteroatoms. The standard InChI is InChI=1S/C19H25NOS/c1-5-18(3,4)11-12-19(13-21-19)17-16(20-14(2)22-17)15-9-7-6-8-10-15/h6-10H,5,11-13H2,1-4H3. The molecule has 1 unspecified atom stereocenters. The fourth-order valence-electron chi connectivity index (χ4n) is 2.72. The van der Waals surface area contributed by atoms with Gasteiger partial charge in [0, 0.05) is 5.56 Å². The Morgan fingerprint density at radius 2 is 1.95 bits per heavy atom. The maximum absolute atomic E-state index is 5.97. The third kappa shape index (κ3) is 3.11. The number of thiazole rings is 1. The summed E-state index contributed by atoms with van der Waals surface area (Å²) in [6.07, 6.45) is 3.49. The molecule has 2 heterocycles. The summed E-state index contributed by atoms with van der Waals surface area (Å²) in [5.74, 6) is 0. The normalized spacial score (nSPS) is 21.1. The van der Waals surface area contributed by atoms with Gasteiger partial charge in [-0.1, -0.05) is 57.5 Å². The minimum absolute atomic E-state index is 0.0798. The van der Waals surface area contributed by atoms with Gasteiger partial charge in [-0.05, 0) is 25.2 Å². The van der Waals surface area contributed by atoms with Gasteiger partial charge in [0.05, 0.1) is 22.2 Å². The Kier molecular flexibility index (Phi) is 4.13. The van der Waals surface area contributed by atoms with Crippen LogP contribution in [0, 0.1) is 12.3 Å². The Morgan fingerprint density at radius 3 is 2.55 bits per heavy atom. The van der Waals surface area contributed by atoms with Crippen molar-refractivity contribution >= 4 is 11.3 Å². The number of ether oxygens (including phenoxy) is 1. The molecule has 118 valence electrons. The number of hydrogen-bond acceptors (Lipinski definition) is 3. The van der Waals surface area contributed by atoms with Crippen LogP contribution in [0.15, 0.2) is 30.3 Å². The molecule has 1 aromatic heterocycles. The van der Waals surface area contributed by atoms with E-state index in [0.717, 1.165) is 23.7 Å². The SMILES string of the molecule is CCC(C)(C)CCC1(c2sc(C)nc2-c2ccccc2)CO1. The van der Waals surface area contributed by atoms with Crippen LogP contribution in [0.25, 0.3) is 11.3 Å². The number of aryl methyl sites for hydroxylation is 1. The highest BCUT2D eigenvalue weighted by atomic mass is 32.1. The molecular formula is C19H25NOS. The number of benzene rings is 1. The zero-order chi connectivity index (χ0) is 15.8. The molecule has 3 rings (SSSR count). The summed E-state index contributed by atoms with van der Waals surface area (Å²) in [5.41, 5.74) is 2.62. The van der Waals surface area contributed by atoms with Crippen LogP contribution in [0.1, 0.15) is 49.9 Å². The molecule has 1 aliphatic heterocycles. The first kappa shape index (κ1) is 15.7. The molecule has 1 atom stereocenters. The second-order valence-electron chi connectivity index (χ2n) is 7.08. The molecule has 1 aromatic carbocycles. The first-order valence-electron chi connectivity index (χ1n) is 8.13. The number of hydrogen-bond donors (Lipinski definition) is 0. The van der Waals surface area contributed by atoms with Gasteiger partial charge in [0.15, 0.2) is 0 Å². The van der Waals surface area contributed by atoms with Crippen LogP contribution in [-0.4, -0.2) is 11.6 Å². The molecule has 1 saturated heterocycles. The Labute approximate surface area is 137 Å². The first-order chi connectivity index (χ1) is 10.5. The summed E-state index contributed by atoms with van der Waals surface area (Å²) in [6.45, 7) is 9.89. The molecule has 0 amide bonds. The van der Waals surface area contributed by atoms with E-state index in [2.05, 4.69) is 58.0 Å². The monoisotopic (exact) mass is 315 g/mol. The quantitative estimate of drug-likeness (QED) is 0.652. The van der Waals surface area contributed by atoms with E-state index in [1.165, 1.54) is 23.3 Å². The minimum Gasteiger partial charge on any atom is -0.364 e. The van der Waals surface area contributed by atoms with E-state index in [1.807, 2.05) is 0 Å². The smallest absolute Gasteiger partial charge is 0.128 e. The van der Waals surface area contributed by atoms with Crippen LogP contribution in [0.2, 0.25) is 0 Å². The fourth-order valence-corrected chi connectivity index (χ4v) is 3.82. The van der Waals surface area contributed by atoms with Crippen LogP contribution in [0.4, 0.5) is 0 Å². The molecule has 1 fully saturated rings. The molecule has 0 saturated carbocycles. The van der Waals surface area contributed by atoms with Gasteiger partial charge in [-0.25, -0.2) is 4.98 Å². The molecule has 0 N–H and O–H groups in total. The zero-order valence-electron chi connectivity index (χ0n) is 14.0. The van der Waals surface area contributed by atoms with Gasteiger partial charge >= 0.3 is 0 Å². The summed E-state index contributed by atoms with van der Waals surface area (Å²) in [5, 5.41) is 1.12. The van der Waals surface area contributed by atoms with E-state index < -0.39 is 0 Å². The molecule has 0 spiro atoms. The Morgan fingerprint density at radius 1 is 1.27 bits per heavy atom. The maximum Gasteiger partial charge on any atom is 0.128 e. The van der Waals surface area contributed by atoms with Crippen LogP contribution in [0.5, 0.6) is 0 Å². The van der Waals surface area contributed by atoms with Crippen LogP contribution in [0.3, 0.4) is 0 Å². The summed E-state index contributed by atoms with van der Waals surface area (Å²) in [7, 11) is 0. The molecule has 22 heavy (non-hydrogen) atoms. The van der Waals surface area contributed by atoms with Gasteiger partial charge in [0.25, 0.3) is 0 Å². The zero-order valence-corrected chi connectivity index (χ0v) is 14.8. The van der Waals surface area contributed by atoms with Crippen molar-refractivity contribution in [2.24, 2.45) is 5.41 Å². The summed E-state index contributed by atoms with van der Waals surface area (Å²) < 4.78 is 5.97. The van der Waals surface area contributed by atoms with E-state index >= 15 is 0 Å². The summed E-state index contributed by atoms with van der Waals surface area (Å²) in [4.78, 5) is 6.11. The molecule has 2 nitrogen and oxygen atoms in total. The fraction of sp³-hybridized carbons (Fsp3) is 0.526. The molecule has 0 aliphatic carbocycles. The van der Waals surface area contributed by atoms with Gasteiger partial charge < -0.3 is 4.74 Å². The van der Waals surface area contributed by atoms with Gasteiger partial charge in [0.1, 0.15) is 5.60 Å². The third-order valence-electron chi connectivity index (χ3n) is 4.85. The highest BCUT2D eigenvalue weighted by Crippen LogP contribution is 2.50. The lowest BCUT2D eigenvalue weighted by Crippen LogP contribution is -2.16. The largest absolute Gasteiger partial charge is 0.364 e. The number of rotatable bonds is 6. The molecule has 1 aliphatic rings. The van der Waals surface area contributed by atoms with E-state index in [-0.39, 0.29) is 5.60 Å². The summed E-state index contributed by atoms with van der Waals surface area (Å²) in [6, 6.07) is 10.5. The van der Waals surface area contributed by atoms with Crippen molar-refractivity contribution in [1.82, 2.24) is 4.98 Å². The van der Waals surface area contributed by atoms with Crippen molar-refractivity contribution in [3.63, 3.8) is 0 Å². The van der Waals surface area contributed by atoms with E-state index in [0.29, 0.717) is 5.41 Å². The number of aromatic nitrogens is 1. The van der Waals surface area contributed by atoms with Gasteiger partial charge in [-0.2, -0.15) is 0 Å².